The number of anilines is 1. The van der Waals surface area contributed by atoms with E-state index in [0.29, 0.717) is 24.2 Å². The molecule has 1 aliphatic rings. The lowest BCUT2D eigenvalue weighted by Gasteiger charge is -2.39. The van der Waals surface area contributed by atoms with E-state index in [9.17, 15) is 14.3 Å². The molecule has 1 heterocycles. The number of nitrogens with zero attached hydrogens (tertiary/aromatic N) is 2. The topological polar surface area (TPSA) is 84.6 Å². The van der Waals surface area contributed by atoms with Crippen molar-refractivity contribution in [3.63, 3.8) is 0 Å². The van der Waals surface area contributed by atoms with E-state index >= 15 is 0 Å². The second kappa shape index (κ2) is 6.66. The summed E-state index contributed by atoms with van der Waals surface area (Å²) in [6.07, 6.45) is -2.11. The van der Waals surface area contributed by atoms with Gasteiger partial charge < -0.3 is 15.1 Å². The van der Waals surface area contributed by atoms with Gasteiger partial charge in [0.05, 0.1) is 18.2 Å². The van der Waals surface area contributed by atoms with Crippen LogP contribution in [0.25, 0.3) is 0 Å². The fraction of sp³-hybridized carbons (Fsp3) is 0.467. The van der Waals surface area contributed by atoms with Crippen LogP contribution in [0.3, 0.4) is 0 Å². The van der Waals surface area contributed by atoms with Gasteiger partial charge >= 0.3 is 0 Å². The third-order valence-electron chi connectivity index (χ3n) is 3.68. The summed E-state index contributed by atoms with van der Waals surface area (Å²) in [4.78, 5) is 13.7. The summed E-state index contributed by atoms with van der Waals surface area (Å²) < 4.78 is 14.2. The Labute approximate surface area is 122 Å². The minimum atomic E-state index is -1.58. The van der Waals surface area contributed by atoms with Gasteiger partial charge in [0, 0.05) is 12.2 Å². The maximum atomic E-state index is 14.2. The van der Waals surface area contributed by atoms with Gasteiger partial charge in [0.15, 0.2) is 5.78 Å². The van der Waals surface area contributed by atoms with E-state index in [2.05, 4.69) is 0 Å². The predicted octanol–water partition coefficient (Wildman–Crippen LogP) is 0.787. The summed E-state index contributed by atoms with van der Waals surface area (Å²) >= 11 is 0. The van der Waals surface area contributed by atoms with E-state index in [-0.39, 0.29) is 6.42 Å². The molecule has 5 nitrogen and oxygen atoms in total. The first-order valence-electron chi connectivity index (χ1n) is 6.82. The molecular weight excluding hydrogens is 275 g/mol. The van der Waals surface area contributed by atoms with Crippen molar-refractivity contribution in [3.8, 4) is 6.07 Å². The average molecular weight is 292 g/mol. The number of aliphatic hydroxyl groups excluding tert-OH is 2. The van der Waals surface area contributed by atoms with Crippen molar-refractivity contribution in [2.24, 2.45) is 0 Å². The molecule has 1 aromatic carbocycles. The number of rotatable bonds is 4. The van der Waals surface area contributed by atoms with Crippen LogP contribution in [0.15, 0.2) is 24.3 Å². The number of ketones is 1. The molecule has 0 spiro atoms. The molecule has 0 saturated carbocycles. The Balaban J connectivity index is 2.29. The van der Waals surface area contributed by atoms with Crippen molar-refractivity contribution in [2.45, 2.75) is 31.2 Å². The van der Waals surface area contributed by atoms with Crippen molar-refractivity contribution in [3.05, 3.63) is 29.8 Å². The van der Waals surface area contributed by atoms with Gasteiger partial charge in [-0.1, -0.05) is 0 Å². The number of hydrogen-bond donors (Lipinski definition) is 2. The van der Waals surface area contributed by atoms with Crippen LogP contribution < -0.4 is 4.90 Å². The molecule has 0 aromatic heterocycles. The average Bonchev–Trinajstić information content (AvgIpc) is 2.53. The minimum Gasteiger partial charge on any atom is -0.393 e. The van der Waals surface area contributed by atoms with Gasteiger partial charge in [0.2, 0.25) is 0 Å². The largest absolute Gasteiger partial charge is 0.393 e. The fourth-order valence-electron chi connectivity index (χ4n) is 2.58. The van der Waals surface area contributed by atoms with Crippen molar-refractivity contribution in [1.82, 2.24) is 0 Å². The van der Waals surface area contributed by atoms with Crippen LogP contribution in [-0.2, 0) is 4.79 Å². The fourth-order valence-corrected chi connectivity index (χ4v) is 2.58. The molecule has 1 saturated heterocycles. The lowest BCUT2D eigenvalue weighted by molar-refractivity contribution is -0.132. The van der Waals surface area contributed by atoms with E-state index in [0.717, 1.165) is 0 Å². The zero-order valence-corrected chi connectivity index (χ0v) is 11.4. The Kier molecular flexibility index (Phi) is 4.89. The number of carbonyl (C=O) groups is 1. The summed E-state index contributed by atoms with van der Waals surface area (Å²) in [7, 11) is 0. The first kappa shape index (κ1) is 15.4. The second-order valence-electron chi connectivity index (χ2n) is 5.06. The zero-order valence-electron chi connectivity index (χ0n) is 11.4. The molecular formula is C15H17FN2O3. The number of benzene rings is 1. The van der Waals surface area contributed by atoms with Crippen LogP contribution in [-0.4, -0.2) is 47.5 Å². The van der Waals surface area contributed by atoms with Gasteiger partial charge in [-0.25, -0.2) is 4.39 Å². The number of carbonyl (C=O) groups excluding carboxylic acids is 1. The van der Waals surface area contributed by atoms with Crippen molar-refractivity contribution in [2.75, 3.05) is 18.1 Å². The molecule has 0 aliphatic carbocycles. The Bertz CT molecular complexity index is 541. The monoisotopic (exact) mass is 292 g/mol. The summed E-state index contributed by atoms with van der Waals surface area (Å²) in [6, 6.07) is 7.40. The number of aliphatic hydroxyl groups is 2. The molecule has 0 radical (unpaired) electrons. The molecule has 21 heavy (non-hydrogen) atoms. The normalized spacial score (nSPS) is 23.4. The van der Waals surface area contributed by atoms with Gasteiger partial charge in [-0.15, -0.1) is 0 Å². The number of alkyl halides is 1. The molecule has 3 unspecified atom stereocenters. The predicted molar refractivity (Wildman–Crippen MR) is 74.5 cm³/mol. The molecule has 2 rings (SSSR count). The highest BCUT2D eigenvalue weighted by molar-refractivity contribution is 5.91. The summed E-state index contributed by atoms with van der Waals surface area (Å²) in [5.41, 5.74) is 1.10. The van der Waals surface area contributed by atoms with E-state index in [1.807, 2.05) is 6.07 Å². The van der Waals surface area contributed by atoms with Crippen molar-refractivity contribution < 1.29 is 19.4 Å². The second-order valence-corrected chi connectivity index (χ2v) is 5.06. The molecule has 6 heteroatoms. The van der Waals surface area contributed by atoms with E-state index in [1.54, 1.807) is 29.2 Å². The third kappa shape index (κ3) is 3.20. The maximum absolute atomic E-state index is 14.2. The highest BCUT2D eigenvalue weighted by Gasteiger charge is 2.39. The van der Waals surface area contributed by atoms with Gasteiger partial charge in [0.1, 0.15) is 18.3 Å². The summed E-state index contributed by atoms with van der Waals surface area (Å²) in [6.45, 7) is -0.232. The third-order valence-corrected chi connectivity index (χ3v) is 3.68. The lowest BCUT2D eigenvalue weighted by Crippen LogP contribution is -2.55. The molecule has 1 aliphatic heterocycles. The van der Waals surface area contributed by atoms with Crippen molar-refractivity contribution in [1.29, 1.82) is 5.26 Å². The Morgan fingerprint density at radius 1 is 1.48 bits per heavy atom. The molecule has 112 valence electrons. The summed E-state index contributed by atoms with van der Waals surface area (Å²) in [5.74, 6) is -0.714. The summed E-state index contributed by atoms with van der Waals surface area (Å²) in [5, 5.41) is 27.2. The lowest BCUT2D eigenvalue weighted by atomic mass is 9.93. The number of piperidine rings is 1. The SMILES string of the molecule is N#Cc1ccc(N2CCCC(F)C2C(=O)C(O)CO)cc1. The van der Waals surface area contributed by atoms with Gasteiger partial charge in [-0.05, 0) is 37.1 Å². The quantitative estimate of drug-likeness (QED) is 0.857. The number of hydrogen-bond acceptors (Lipinski definition) is 5. The van der Waals surface area contributed by atoms with E-state index in [4.69, 9.17) is 10.4 Å². The Hall–Kier alpha value is -1.97. The van der Waals surface area contributed by atoms with Gasteiger partial charge in [0.25, 0.3) is 0 Å². The molecule has 0 amide bonds. The first-order valence-corrected chi connectivity index (χ1v) is 6.82. The Morgan fingerprint density at radius 2 is 2.14 bits per heavy atom. The van der Waals surface area contributed by atoms with Crippen LogP contribution in [0.4, 0.5) is 10.1 Å². The molecule has 3 atom stereocenters. The van der Waals surface area contributed by atoms with Crippen LogP contribution >= 0.6 is 0 Å². The highest BCUT2D eigenvalue weighted by atomic mass is 19.1. The van der Waals surface area contributed by atoms with Crippen LogP contribution in [0, 0.1) is 11.3 Å². The van der Waals surface area contributed by atoms with Gasteiger partial charge in [-0.2, -0.15) is 5.26 Å². The molecule has 1 aromatic rings. The van der Waals surface area contributed by atoms with Crippen LogP contribution in [0.5, 0.6) is 0 Å². The van der Waals surface area contributed by atoms with E-state index in [1.165, 1.54) is 0 Å². The maximum Gasteiger partial charge on any atom is 0.188 e. The molecule has 0 bridgehead atoms. The Morgan fingerprint density at radius 3 is 2.71 bits per heavy atom. The number of halogens is 1. The minimum absolute atomic E-state index is 0.251. The number of Topliss-reactive ketones (excluding diaryl/α,β-unsaturated/α-hetero) is 1. The van der Waals surface area contributed by atoms with Crippen molar-refractivity contribution >= 4 is 11.5 Å². The van der Waals surface area contributed by atoms with Crippen LogP contribution in [0.2, 0.25) is 0 Å². The smallest absolute Gasteiger partial charge is 0.188 e. The van der Waals surface area contributed by atoms with Gasteiger partial charge in [-0.3, -0.25) is 4.79 Å². The zero-order chi connectivity index (χ0) is 15.4. The molecule has 2 N–H and O–H groups in total. The van der Waals surface area contributed by atoms with E-state index < -0.39 is 30.7 Å². The van der Waals surface area contributed by atoms with Crippen LogP contribution in [0.1, 0.15) is 18.4 Å². The highest BCUT2D eigenvalue weighted by Crippen LogP contribution is 2.28. The number of nitriles is 1. The molecule has 1 fully saturated rings. The standard InChI is InChI=1S/C15H17FN2O3/c16-12-2-1-7-18(14(12)15(21)13(20)9-19)11-5-3-10(8-17)4-6-11/h3-6,12-14,19-20H,1-2,7,9H2. The first-order chi connectivity index (χ1) is 10.1.